The van der Waals surface area contributed by atoms with Crippen LogP contribution in [0.3, 0.4) is 0 Å². The molecule has 2 aromatic rings. The van der Waals surface area contributed by atoms with Crippen LogP contribution < -0.4 is 14.4 Å². The lowest BCUT2D eigenvalue weighted by atomic mass is 10.1. The lowest BCUT2D eigenvalue weighted by Crippen LogP contribution is -2.38. The summed E-state index contributed by atoms with van der Waals surface area (Å²) in [4.78, 5) is 25.9. The molecule has 0 fully saturated rings. The highest BCUT2D eigenvalue weighted by molar-refractivity contribution is 5.99. The molecule has 0 N–H and O–H groups in total. The quantitative estimate of drug-likeness (QED) is 0.597. The zero-order chi connectivity index (χ0) is 17.6. The minimum Gasteiger partial charge on any atom is -0.494 e. The minimum absolute atomic E-state index is 0.0157. The number of ether oxygens (including phenoxy) is 2. The number of para-hydroxylation sites is 1. The molecule has 1 aliphatic rings. The smallest absolute Gasteiger partial charge is 0.227 e. The van der Waals surface area contributed by atoms with Crippen molar-refractivity contribution in [2.45, 2.75) is 19.8 Å². The molecule has 1 aliphatic heterocycles. The van der Waals surface area contributed by atoms with Crippen LogP contribution in [0.4, 0.5) is 5.69 Å². The summed E-state index contributed by atoms with van der Waals surface area (Å²) in [7, 11) is 0. The molecule has 25 heavy (non-hydrogen) atoms. The fraction of sp³-hybridized carbons (Fsp3) is 0.300. The van der Waals surface area contributed by atoms with Crippen LogP contribution in [-0.4, -0.2) is 31.4 Å². The zero-order valence-electron chi connectivity index (χ0n) is 14.2. The van der Waals surface area contributed by atoms with Gasteiger partial charge in [0.25, 0.3) is 0 Å². The van der Waals surface area contributed by atoms with Crippen molar-refractivity contribution in [2.24, 2.45) is 0 Å². The fourth-order valence-corrected chi connectivity index (χ4v) is 2.76. The van der Waals surface area contributed by atoms with Gasteiger partial charge in [-0.25, -0.2) is 0 Å². The van der Waals surface area contributed by atoms with Gasteiger partial charge in [-0.15, -0.1) is 0 Å². The molecule has 0 saturated carbocycles. The highest BCUT2D eigenvalue weighted by Gasteiger charge is 2.24. The maximum Gasteiger partial charge on any atom is 0.227 e. The van der Waals surface area contributed by atoms with Crippen molar-refractivity contribution in [2.75, 3.05) is 24.7 Å². The van der Waals surface area contributed by atoms with E-state index in [-0.39, 0.29) is 11.7 Å². The van der Waals surface area contributed by atoms with Crippen molar-refractivity contribution in [3.63, 3.8) is 0 Å². The number of ketones is 1. The number of hydrogen-bond acceptors (Lipinski definition) is 4. The number of nitrogens with zero attached hydrogens (tertiary/aromatic N) is 1. The molecule has 2 aromatic carbocycles. The molecule has 130 valence electrons. The average Bonchev–Trinajstić information content (AvgIpc) is 2.65. The molecule has 5 heteroatoms. The Labute approximate surface area is 147 Å². The Balaban J connectivity index is 1.59. The fourth-order valence-electron chi connectivity index (χ4n) is 2.76. The van der Waals surface area contributed by atoms with Gasteiger partial charge in [-0.05, 0) is 43.7 Å². The van der Waals surface area contributed by atoms with Crippen LogP contribution in [0.15, 0.2) is 48.5 Å². The average molecular weight is 339 g/mol. The number of carbonyl (C=O) groups excluding carboxylic acids is 2. The number of amides is 1. The van der Waals surface area contributed by atoms with Gasteiger partial charge in [0.2, 0.25) is 5.91 Å². The van der Waals surface area contributed by atoms with Crippen molar-refractivity contribution in [3.05, 3.63) is 54.1 Å². The number of carbonyl (C=O) groups is 2. The van der Waals surface area contributed by atoms with E-state index in [9.17, 15) is 9.59 Å². The second kappa shape index (κ2) is 7.83. The number of rotatable bonds is 6. The summed E-state index contributed by atoms with van der Waals surface area (Å²) in [5.41, 5.74) is 1.25. The predicted molar refractivity (Wildman–Crippen MR) is 95.5 cm³/mol. The Bertz CT molecular complexity index is 758. The van der Waals surface area contributed by atoms with E-state index in [1.165, 1.54) is 6.92 Å². The monoisotopic (exact) mass is 339 g/mol. The molecular weight excluding hydrogens is 318 g/mol. The molecule has 1 amide bonds. The molecule has 3 rings (SSSR count). The predicted octanol–water partition coefficient (Wildman–Crippen LogP) is 3.47. The molecule has 0 radical (unpaired) electrons. The normalized spacial score (nSPS) is 12.9. The Morgan fingerprint density at radius 2 is 1.96 bits per heavy atom. The standard InChI is InChI=1S/C20H21NO4/c1-15(22)16-9-10-19-18(14-16)21(11-13-25-19)20(23)8-5-12-24-17-6-3-2-4-7-17/h2-4,6-7,9-10,14H,5,8,11-13H2,1H3. The van der Waals surface area contributed by atoms with Crippen LogP contribution >= 0.6 is 0 Å². The van der Waals surface area contributed by atoms with Crippen molar-refractivity contribution in [3.8, 4) is 11.5 Å². The van der Waals surface area contributed by atoms with Crippen molar-refractivity contribution < 1.29 is 19.1 Å². The largest absolute Gasteiger partial charge is 0.494 e. The third-order valence-corrected chi connectivity index (χ3v) is 4.08. The van der Waals surface area contributed by atoms with Crippen molar-refractivity contribution in [1.82, 2.24) is 0 Å². The van der Waals surface area contributed by atoms with Gasteiger partial charge >= 0.3 is 0 Å². The number of benzene rings is 2. The van der Waals surface area contributed by atoms with E-state index < -0.39 is 0 Å². The van der Waals surface area contributed by atoms with E-state index in [2.05, 4.69) is 0 Å². The molecule has 1 heterocycles. The SMILES string of the molecule is CC(=O)c1ccc2c(c1)N(C(=O)CCCOc1ccccc1)CCO2. The van der Waals surface area contributed by atoms with E-state index in [4.69, 9.17) is 9.47 Å². The second-order valence-electron chi connectivity index (χ2n) is 5.90. The number of fused-ring (bicyclic) bond motifs is 1. The van der Waals surface area contributed by atoms with Gasteiger partial charge in [0.05, 0.1) is 18.8 Å². The molecule has 5 nitrogen and oxygen atoms in total. The van der Waals surface area contributed by atoms with Crippen LogP contribution in [0.5, 0.6) is 11.5 Å². The Morgan fingerprint density at radius 1 is 1.16 bits per heavy atom. The highest BCUT2D eigenvalue weighted by Crippen LogP contribution is 2.33. The number of anilines is 1. The van der Waals surface area contributed by atoms with Gasteiger partial charge in [0.15, 0.2) is 5.78 Å². The van der Waals surface area contributed by atoms with Gasteiger partial charge in [0, 0.05) is 12.0 Å². The van der Waals surface area contributed by atoms with Crippen LogP contribution in [0.1, 0.15) is 30.1 Å². The molecule has 0 unspecified atom stereocenters. The third kappa shape index (κ3) is 4.18. The van der Waals surface area contributed by atoms with Gasteiger partial charge in [-0.3, -0.25) is 9.59 Å². The van der Waals surface area contributed by atoms with E-state index in [1.807, 2.05) is 30.3 Å². The first-order valence-corrected chi connectivity index (χ1v) is 8.41. The van der Waals surface area contributed by atoms with Crippen molar-refractivity contribution in [1.29, 1.82) is 0 Å². The molecule has 0 atom stereocenters. The van der Waals surface area contributed by atoms with Gasteiger partial charge in [-0.1, -0.05) is 18.2 Å². The minimum atomic E-state index is -0.0305. The van der Waals surface area contributed by atoms with E-state index >= 15 is 0 Å². The van der Waals surface area contributed by atoms with E-state index in [0.717, 1.165) is 5.75 Å². The molecule has 0 saturated heterocycles. The molecule has 0 bridgehead atoms. The summed E-state index contributed by atoms with van der Waals surface area (Å²) >= 11 is 0. The van der Waals surface area contributed by atoms with Gasteiger partial charge in [0.1, 0.15) is 18.1 Å². The Kier molecular flexibility index (Phi) is 5.33. The van der Waals surface area contributed by atoms with E-state index in [1.54, 1.807) is 23.1 Å². The highest BCUT2D eigenvalue weighted by atomic mass is 16.5. The maximum absolute atomic E-state index is 12.6. The van der Waals surface area contributed by atoms with E-state index in [0.29, 0.717) is 49.6 Å². The van der Waals surface area contributed by atoms with Crippen molar-refractivity contribution >= 4 is 17.4 Å². The first-order chi connectivity index (χ1) is 12.1. The number of hydrogen-bond donors (Lipinski definition) is 0. The summed E-state index contributed by atoms with van der Waals surface area (Å²) < 4.78 is 11.2. The van der Waals surface area contributed by atoms with Gasteiger partial charge in [-0.2, -0.15) is 0 Å². The van der Waals surface area contributed by atoms with Crippen LogP contribution in [0.25, 0.3) is 0 Å². The van der Waals surface area contributed by atoms with Crippen LogP contribution in [0, 0.1) is 0 Å². The summed E-state index contributed by atoms with van der Waals surface area (Å²) in [5, 5.41) is 0. The first kappa shape index (κ1) is 17.0. The maximum atomic E-state index is 12.6. The Hall–Kier alpha value is -2.82. The summed E-state index contributed by atoms with van der Waals surface area (Å²) in [6.07, 6.45) is 1.02. The third-order valence-electron chi connectivity index (χ3n) is 4.08. The second-order valence-corrected chi connectivity index (χ2v) is 5.90. The Morgan fingerprint density at radius 3 is 2.72 bits per heavy atom. The molecular formula is C20H21NO4. The van der Waals surface area contributed by atoms with Gasteiger partial charge < -0.3 is 14.4 Å². The summed E-state index contributed by atoms with van der Waals surface area (Å²) in [6, 6.07) is 14.8. The van der Waals surface area contributed by atoms with Crippen LogP contribution in [-0.2, 0) is 4.79 Å². The molecule has 0 aliphatic carbocycles. The number of Topliss-reactive ketones (excluding diaryl/α,β-unsaturated/α-hetero) is 1. The molecule has 0 aromatic heterocycles. The zero-order valence-corrected chi connectivity index (χ0v) is 14.2. The topological polar surface area (TPSA) is 55.8 Å². The summed E-state index contributed by atoms with van der Waals surface area (Å²) in [5.74, 6) is 1.43. The lowest BCUT2D eigenvalue weighted by Gasteiger charge is -2.30. The summed E-state index contributed by atoms with van der Waals surface area (Å²) in [6.45, 7) is 2.95. The van der Waals surface area contributed by atoms with Crippen LogP contribution in [0.2, 0.25) is 0 Å². The lowest BCUT2D eigenvalue weighted by molar-refractivity contribution is -0.119. The molecule has 0 spiro atoms. The first-order valence-electron chi connectivity index (χ1n) is 8.41.